The van der Waals surface area contributed by atoms with E-state index in [4.69, 9.17) is 21.1 Å². The van der Waals surface area contributed by atoms with Crippen molar-refractivity contribution in [1.82, 2.24) is 5.32 Å². The third-order valence-electron chi connectivity index (χ3n) is 6.17. The molecule has 4 rings (SSSR count). The molecule has 1 aliphatic rings. The molecule has 11 heteroatoms. The highest BCUT2D eigenvalue weighted by Gasteiger charge is 2.37. The second-order valence-electron chi connectivity index (χ2n) is 9.31. The van der Waals surface area contributed by atoms with Crippen LogP contribution in [0.15, 0.2) is 58.6 Å². The third-order valence-corrected chi connectivity index (χ3v) is 7.17. The first-order valence-electron chi connectivity index (χ1n) is 12.6. The van der Waals surface area contributed by atoms with Gasteiger partial charge in [-0.3, -0.25) is 19.7 Å². The first-order chi connectivity index (χ1) is 19.5. The lowest BCUT2D eigenvalue weighted by Gasteiger charge is -2.26. The molecule has 3 aromatic carbocycles. The average molecular weight is 641 g/mol. The molecule has 0 atom stereocenters. The van der Waals surface area contributed by atoms with Crippen molar-refractivity contribution in [2.75, 3.05) is 23.4 Å². The summed E-state index contributed by atoms with van der Waals surface area (Å²) in [5, 5.41) is 5.41. The molecule has 1 saturated heterocycles. The molecule has 0 radical (unpaired) electrons. The summed E-state index contributed by atoms with van der Waals surface area (Å²) in [7, 11) is 0. The Hall–Kier alpha value is -4.15. The zero-order chi connectivity index (χ0) is 29.8. The zero-order valence-electron chi connectivity index (χ0n) is 22.8. The summed E-state index contributed by atoms with van der Waals surface area (Å²) >= 11 is 9.64. The van der Waals surface area contributed by atoms with Crippen LogP contribution in [-0.2, 0) is 14.4 Å². The summed E-state index contributed by atoms with van der Waals surface area (Å²) in [6.07, 6.45) is 1.34. The molecule has 0 aliphatic carbocycles. The van der Waals surface area contributed by atoms with Gasteiger partial charge in [0, 0.05) is 10.7 Å². The number of nitrogens with one attached hydrogen (secondary N) is 2. The molecule has 3 aromatic rings. The Balaban J connectivity index is 1.59. The Kier molecular flexibility index (Phi) is 9.14. The fourth-order valence-corrected chi connectivity index (χ4v) is 4.80. The van der Waals surface area contributed by atoms with E-state index in [1.165, 1.54) is 12.1 Å². The quantitative estimate of drug-likeness (QED) is 0.227. The van der Waals surface area contributed by atoms with E-state index in [0.717, 1.165) is 21.6 Å². The first-order valence-corrected chi connectivity index (χ1v) is 13.8. The van der Waals surface area contributed by atoms with Gasteiger partial charge in [0.1, 0.15) is 5.57 Å². The predicted octanol–water partition coefficient (Wildman–Crippen LogP) is 6.11. The fourth-order valence-electron chi connectivity index (χ4n) is 4.05. The van der Waals surface area contributed by atoms with E-state index >= 15 is 0 Å². The smallest absolute Gasteiger partial charge is 0.335 e. The summed E-state index contributed by atoms with van der Waals surface area (Å²) < 4.78 is 12.0. The maximum absolute atomic E-state index is 13.3. The predicted molar refractivity (Wildman–Crippen MR) is 161 cm³/mol. The number of halogens is 2. The minimum atomic E-state index is -0.879. The van der Waals surface area contributed by atoms with Gasteiger partial charge in [0.2, 0.25) is 0 Å². The van der Waals surface area contributed by atoms with Crippen molar-refractivity contribution in [3.8, 4) is 11.5 Å². The third kappa shape index (κ3) is 6.78. The minimum absolute atomic E-state index is 0.223. The minimum Gasteiger partial charge on any atom is -0.490 e. The number of carbonyl (C=O) groups is 4. The number of imide groups is 2. The standard InChI is InChI=1S/C30H27BrClN3O6/c1-5-40-25-13-19(12-22(31)27(25)41-15-26(36)33-24-10-16(2)6-7-18(24)4)11-21-28(37)34-30(39)35(29(21)38)20-9-8-17(3)23(32)14-20/h6-14H,5,15H2,1-4H3,(H,33,36)(H,34,37,39)/b21-11+. The van der Waals surface area contributed by atoms with Crippen LogP contribution in [0, 0.1) is 20.8 Å². The lowest BCUT2D eigenvalue weighted by molar-refractivity contribution is -0.122. The second kappa shape index (κ2) is 12.6. The molecule has 1 fully saturated rings. The highest BCUT2D eigenvalue weighted by molar-refractivity contribution is 9.10. The van der Waals surface area contributed by atoms with Gasteiger partial charge in [0.15, 0.2) is 18.1 Å². The van der Waals surface area contributed by atoms with Crippen molar-refractivity contribution >= 4 is 68.7 Å². The SMILES string of the molecule is CCOc1cc(/C=C2\C(=O)NC(=O)N(c3ccc(C)c(Cl)c3)C2=O)cc(Br)c1OCC(=O)Nc1cc(C)ccc1C. The van der Waals surface area contributed by atoms with Crippen LogP contribution in [0.25, 0.3) is 6.08 Å². The number of nitrogens with zero attached hydrogens (tertiary/aromatic N) is 1. The number of benzene rings is 3. The number of aryl methyl sites for hydroxylation is 3. The summed E-state index contributed by atoms with van der Waals surface area (Å²) in [6.45, 7) is 7.40. The van der Waals surface area contributed by atoms with Crippen LogP contribution in [-0.4, -0.2) is 37.0 Å². The van der Waals surface area contributed by atoms with Gasteiger partial charge in [0.25, 0.3) is 17.7 Å². The number of urea groups is 1. The molecule has 41 heavy (non-hydrogen) atoms. The van der Waals surface area contributed by atoms with Crippen LogP contribution in [0.4, 0.5) is 16.2 Å². The molecule has 0 saturated carbocycles. The molecule has 0 aromatic heterocycles. The van der Waals surface area contributed by atoms with Crippen LogP contribution < -0.4 is 25.0 Å². The number of anilines is 2. The maximum atomic E-state index is 13.3. The molecule has 212 valence electrons. The molecule has 2 N–H and O–H groups in total. The van der Waals surface area contributed by atoms with Gasteiger partial charge in [0.05, 0.1) is 16.8 Å². The lowest BCUT2D eigenvalue weighted by atomic mass is 10.1. The average Bonchev–Trinajstić information content (AvgIpc) is 2.90. The molecule has 9 nitrogen and oxygen atoms in total. The van der Waals surface area contributed by atoms with Gasteiger partial charge >= 0.3 is 6.03 Å². The number of carbonyl (C=O) groups excluding carboxylic acids is 4. The Morgan fingerprint density at radius 2 is 1.76 bits per heavy atom. The topological polar surface area (TPSA) is 114 Å². The van der Waals surface area contributed by atoms with Crippen LogP contribution in [0.2, 0.25) is 5.02 Å². The van der Waals surface area contributed by atoms with E-state index in [2.05, 4.69) is 26.6 Å². The van der Waals surface area contributed by atoms with Gasteiger partial charge in [-0.2, -0.15) is 0 Å². The van der Waals surface area contributed by atoms with Crippen LogP contribution in [0.3, 0.4) is 0 Å². The molecule has 1 aliphatic heterocycles. The van der Waals surface area contributed by atoms with Gasteiger partial charge in [-0.15, -0.1) is 0 Å². The Bertz CT molecular complexity index is 1600. The molecular formula is C30H27BrClN3O6. The van der Waals surface area contributed by atoms with Crippen molar-refractivity contribution in [1.29, 1.82) is 0 Å². The normalized spacial score (nSPS) is 14.2. The Labute approximate surface area is 250 Å². The number of barbiturate groups is 1. The zero-order valence-corrected chi connectivity index (χ0v) is 25.1. The van der Waals surface area contributed by atoms with E-state index in [1.54, 1.807) is 38.1 Å². The number of rotatable bonds is 8. The van der Waals surface area contributed by atoms with Crippen LogP contribution >= 0.6 is 27.5 Å². The van der Waals surface area contributed by atoms with Gasteiger partial charge in [-0.1, -0.05) is 29.8 Å². The van der Waals surface area contributed by atoms with Crippen molar-refractivity contribution in [2.24, 2.45) is 0 Å². The second-order valence-corrected chi connectivity index (χ2v) is 10.6. The van der Waals surface area contributed by atoms with Crippen molar-refractivity contribution < 1.29 is 28.7 Å². The number of hydrogen-bond acceptors (Lipinski definition) is 6. The Morgan fingerprint density at radius 1 is 1.02 bits per heavy atom. The van der Waals surface area contributed by atoms with Crippen LogP contribution in [0.1, 0.15) is 29.2 Å². The summed E-state index contributed by atoms with van der Waals surface area (Å²) in [4.78, 5) is 52.0. The highest BCUT2D eigenvalue weighted by atomic mass is 79.9. The molecule has 0 spiro atoms. The van der Waals surface area contributed by atoms with Gasteiger partial charge < -0.3 is 14.8 Å². The lowest BCUT2D eigenvalue weighted by Crippen LogP contribution is -2.54. The van der Waals surface area contributed by atoms with Gasteiger partial charge in [-0.25, -0.2) is 9.69 Å². The van der Waals surface area contributed by atoms with E-state index in [1.807, 2.05) is 32.0 Å². The fraction of sp³-hybridized carbons (Fsp3) is 0.200. The summed E-state index contributed by atoms with van der Waals surface area (Å²) in [6, 6.07) is 12.8. The molecular weight excluding hydrogens is 614 g/mol. The van der Waals surface area contributed by atoms with Crippen molar-refractivity contribution in [3.05, 3.63) is 85.9 Å². The van der Waals surface area contributed by atoms with Crippen molar-refractivity contribution in [2.45, 2.75) is 27.7 Å². The molecule has 5 amide bonds. The Morgan fingerprint density at radius 3 is 2.46 bits per heavy atom. The molecule has 0 bridgehead atoms. The number of hydrogen-bond donors (Lipinski definition) is 2. The van der Waals surface area contributed by atoms with E-state index < -0.39 is 17.8 Å². The van der Waals surface area contributed by atoms with Gasteiger partial charge in [-0.05, 0) is 102 Å². The highest BCUT2D eigenvalue weighted by Crippen LogP contribution is 2.38. The summed E-state index contributed by atoms with van der Waals surface area (Å²) in [5.41, 5.74) is 3.77. The molecule has 0 unspecified atom stereocenters. The van der Waals surface area contributed by atoms with E-state index in [0.29, 0.717) is 20.7 Å². The largest absolute Gasteiger partial charge is 0.490 e. The summed E-state index contributed by atoms with van der Waals surface area (Å²) in [5.74, 6) is -1.45. The first kappa shape index (κ1) is 29.8. The maximum Gasteiger partial charge on any atom is 0.335 e. The van der Waals surface area contributed by atoms with Crippen LogP contribution in [0.5, 0.6) is 11.5 Å². The number of amides is 5. The monoisotopic (exact) mass is 639 g/mol. The van der Waals surface area contributed by atoms with Crippen molar-refractivity contribution in [3.63, 3.8) is 0 Å². The van der Waals surface area contributed by atoms with E-state index in [-0.39, 0.29) is 41.9 Å². The number of ether oxygens (including phenoxy) is 2. The molecule has 1 heterocycles. The van der Waals surface area contributed by atoms with E-state index in [9.17, 15) is 19.2 Å².